The van der Waals surface area contributed by atoms with E-state index in [0.29, 0.717) is 11.1 Å². The summed E-state index contributed by atoms with van der Waals surface area (Å²) in [6.07, 6.45) is 0. The molecule has 0 bridgehead atoms. The van der Waals surface area contributed by atoms with Crippen molar-refractivity contribution in [1.82, 2.24) is 10.0 Å². The summed E-state index contributed by atoms with van der Waals surface area (Å²) in [4.78, 5) is 22.7. The molecular formula is C18H20ClN3O5S. The van der Waals surface area contributed by atoms with Crippen molar-refractivity contribution in [2.75, 3.05) is 0 Å². The van der Waals surface area contributed by atoms with Crippen LogP contribution in [0.1, 0.15) is 35.3 Å². The second-order valence-corrected chi connectivity index (χ2v) is 8.57. The molecule has 2 aromatic rings. The fraction of sp³-hybridized carbons (Fsp3) is 0.278. The highest BCUT2D eigenvalue weighted by Gasteiger charge is 2.18. The van der Waals surface area contributed by atoms with E-state index in [2.05, 4.69) is 10.0 Å². The van der Waals surface area contributed by atoms with Gasteiger partial charge in [-0.25, -0.2) is 13.1 Å². The van der Waals surface area contributed by atoms with Crippen LogP contribution in [0, 0.1) is 10.1 Å². The van der Waals surface area contributed by atoms with E-state index in [-0.39, 0.29) is 34.6 Å². The van der Waals surface area contributed by atoms with Gasteiger partial charge in [-0.15, -0.1) is 0 Å². The average molecular weight is 426 g/mol. The number of nitro benzene ring substituents is 1. The van der Waals surface area contributed by atoms with E-state index in [9.17, 15) is 23.3 Å². The third-order valence-corrected chi connectivity index (χ3v) is 5.58. The quantitative estimate of drug-likeness (QED) is 0.497. The second kappa shape index (κ2) is 9.13. The molecule has 28 heavy (non-hydrogen) atoms. The fourth-order valence-corrected chi connectivity index (χ4v) is 4.24. The van der Waals surface area contributed by atoms with Crippen molar-refractivity contribution in [1.29, 1.82) is 0 Å². The Morgan fingerprint density at radius 1 is 1.18 bits per heavy atom. The predicted octanol–water partition coefficient (Wildman–Crippen LogP) is 3.01. The average Bonchev–Trinajstić information content (AvgIpc) is 2.59. The molecule has 2 aromatic carbocycles. The molecule has 0 saturated carbocycles. The second-order valence-electron chi connectivity index (χ2n) is 6.40. The number of carbonyl (C=O) groups is 1. The van der Waals surface area contributed by atoms with Gasteiger partial charge >= 0.3 is 0 Å². The summed E-state index contributed by atoms with van der Waals surface area (Å²) in [6, 6.07) is 10.2. The molecule has 0 aromatic heterocycles. The zero-order valence-electron chi connectivity index (χ0n) is 15.3. The van der Waals surface area contributed by atoms with Crippen LogP contribution in [0.3, 0.4) is 0 Å². The van der Waals surface area contributed by atoms with Crippen molar-refractivity contribution in [2.45, 2.75) is 32.2 Å². The fourth-order valence-electron chi connectivity index (χ4n) is 2.55. The van der Waals surface area contributed by atoms with Gasteiger partial charge in [-0.1, -0.05) is 35.9 Å². The number of rotatable bonds is 8. The summed E-state index contributed by atoms with van der Waals surface area (Å²) in [7, 11) is -3.53. The molecule has 0 unspecified atom stereocenters. The van der Waals surface area contributed by atoms with Crippen LogP contribution in [-0.2, 0) is 22.3 Å². The molecule has 0 fully saturated rings. The molecule has 8 nitrogen and oxygen atoms in total. The number of non-ortho nitro benzene ring substituents is 1. The van der Waals surface area contributed by atoms with Crippen LogP contribution in [0.25, 0.3) is 0 Å². The highest BCUT2D eigenvalue weighted by molar-refractivity contribution is 7.88. The minimum Gasteiger partial charge on any atom is -0.348 e. The van der Waals surface area contributed by atoms with Crippen LogP contribution >= 0.6 is 11.6 Å². The molecule has 0 saturated heterocycles. The third kappa shape index (κ3) is 6.01. The largest absolute Gasteiger partial charge is 0.348 e. The monoisotopic (exact) mass is 425 g/mol. The summed E-state index contributed by atoms with van der Waals surface area (Å²) < 4.78 is 26.9. The van der Waals surface area contributed by atoms with Crippen LogP contribution in [0.5, 0.6) is 0 Å². The lowest BCUT2D eigenvalue weighted by Gasteiger charge is -2.13. The molecule has 0 aliphatic carbocycles. The Bertz CT molecular complexity index is 992. The molecule has 0 radical (unpaired) electrons. The highest BCUT2D eigenvalue weighted by Crippen LogP contribution is 2.22. The lowest BCUT2D eigenvalue weighted by Crippen LogP contribution is -2.32. The van der Waals surface area contributed by atoms with E-state index < -0.39 is 20.9 Å². The van der Waals surface area contributed by atoms with Crippen molar-refractivity contribution in [3.8, 4) is 0 Å². The Morgan fingerprint density at radius 3 is 2.43 bits per heavy atom. The maximum atomic E-state index is 12.4. The van der Waals surface area contributed by atoms with Gasteiger partial charge in [-0.05, 0) is 31.0 Å². The number of carbonyl (C=O) groups excluding carboxylic acids is 1. The molecule has 0 atom stereocenters. The van der Waals surface area contributed by atoms with E-state index in [1.54, 1.807) is 38.1 Å². The van der Waals surface area contributed by atoms with Crippen molar-refractivity contribution >= 4 is 33.2 Å². The van der Waals surface area contributed by atoms with Gasteiger partial charge in [0.25, 0.3) is 11.6 Å². The summed E-state index contributed by atoms with van der Waals surface area (Å²) in [5.74, 6) is -0.818. The van der Waals surface area contributed by atoms with E-state index in [1.165, 1.54) is 12.1 Å². The van der Waals surface area contributed by atoms with Gasteiger partial charge in [0.15, 0.2) is 0 Å². The molecule has 2 rings (SSSR count). The Hall–Kier alpha value is -2.49. The Balaban J connectivity index is 2.16. The number of nitrogens with one attached hydrogen (secondary N) is 2. The highest BCUT2D eigenvalue weighted by atomic mass is 35.5. The van der Waals surface area contributed by atoms with Crippen LogP contribution in [0.15, 0.2) is 42.5 Å². The minimum absolute atomic E-state index is 0.0255. The topological polar surface area (TPSA) is 118 Å². The van der Waals surface area contributed by atoms with Gasteiger partial charge in [0.05, 0.1) is 21.3 Å². The lowest BCUT2D eigenvalue weighted by molar-refractivity contribution is -0.384. The van der Waals surface area contributed by atoms with E-state index in [0.717, 1.165) is 6.07 Å². The van der Waals surface area contributed by atoms with E-state index in [4.69, 9.17) is 11.6 Å². The first kappa shape index (κ1) is 21.8. The van der Waals surface area contributed by atoms with Crippen LogP contribution in [0.2, 0.25) is 5.02 Å². The van der Waals surface area contributed by atoms with Gasteiger partial charge in [0, 0.05) is 24.7 Å². The first-order valence-corrected chi connectivity index (χ1v) is 10.4. The smallest absolute Gasteiger partial charge is 0.270 e. The molecule has 150 valence electrons. The van der Waals surface area contributed by atoms with E-state index >= 15 is 0 Å². The maximum absolute atomic E-state index is 12.4. The Labute approximate surface area is 168 Å². The van der Waals surface area contributed by atoms with Gasteiger partial charge in [0.2, 0.25) is 10.0 Å². The SMILES string of the molecule is CC(C)NS(=O)(=O)Cc1ccccc1CNC(=O)c1cc([N+](=O)[O-])ccc1Cl. The summed E-state index contributed by atoms with van der Waals surface area (Å²) in [6.45, 7) is 3.50. The van der Waals surface area contributed by atoms with Crippen molar-refractivity contribution in [3.05, 3.63) is 74.3 Å². The van der Waals surface area contributed by atoms with Gasteiger partial charge in [-0.2, -0.15) is 0 Å². The first-order valence-electron chi connectivity index (χ1n) is 8.38. The molecule has 0 aliphatic rings. The number of nitro groups is 1. The zero-order valence-corrected chi connectivity index (χ0v) is 16.9. The lowest BCUT2D eigenvalue weighted by atomic mass is 10.1. The van der Waals surface area contributed by atoms with Crippen LogP contribution in [0.4, 0.5) is 5.69 Å². The summed E-state index contributed by atoms with van der Waals surface area (Å²) in [5.41, 5.74) is 0.885. The Kier molecular flexibility index (Phi) is 7.11. The molecule has 0 spiro atoms. The van der Waals surface area contributed by atoms with Gasteiger partial charge in [-0.3, -0.25) is 14.9 Å². The summed E-state index contributed by atoms with van der Waals surface area (Å²) in [5, 5.41) is 13.6. The number of hydrogen-bond donors (Lipinski definition) is 2. The molecule has 1 amide bonds. The third-order valence-electron chi connectivity index (χ3n) is 3.72. The first-order chi connectivity index (χ1) is 13.1. The number of sulfonamides is 1. The van der Waals surface area contributed by atoms with Crippen molar-refractivity contribution in [3.63, 3.8) is 0 Å². The molecule has 0 aliphatic heterocycles. The number of hydrogen-bond acceptors (Lipinski definition) is 5. The normalized spacial score (nSPS) is 11.4. The number of amides is 1. The van der Waals surface area contributed by atoms with Gasteiger partial charge < -0.3 is 5.32 Å². The number of halogens is 1. The van der Waals surface area contributed by atoms with Gasteiger partial charge in [0.1, 0.15) is 0 Å². The van der Waals surface area contributed by atoms with Crippen molar-refractivity contribution in [2.24, 2.45) is 0 Å². The molecule has 0 heterocycles. The Morgan fingerprint density at radius 2 is 1.82 bits per heavy atom. The molecular weight excluding hydrogens is 406 g/mol. The zero-order chi connectivity index (χ0) is 20.9. The summed E-state index contributed by atoms with van der Waals surface area (Å²) >= 11 is 5.97. The van der Waals surface area contributed by atoms with E-state index in [1.807, 2.05) is 0 Å². The minimum atomic E-state index is -3.53. The van der Waals surface area contributed by atoms with Crippen molar-refractivity contribution < 1.29 is 18.1 Å². The molecule has 2 N–H and O–H groups in total. The standard InChI is InChI=1S/C18H20ClN3O5S/c1-12(2)21-28(26,27)11-14-6-4-3-5-13(14)10-20-18(23)16-9-15(22(24)25)7-8-17(16)19/h3-9,12,21H,10-11H2,1-2H3,(H,20,23). The maximum Gasteiger partial charge on any atom is 0.270 e. The van der Waals surface area contributed by atoms with Crippen LogP contribution < -0.4 is 10.0 Å². The number of nitrogens with zero attached hydrogens (tertiary/aromatic N) is 1. The number of benzene rings is 2. The van der Waals surface area contributed by atoms with Crippen LogP contribution in [-0.4, -0.2) is 25.3 Å². The predicted molar refractivity (Wildman–Crippen MR) is 107 cm³/mol. The molecule has 10 heteroatoms.